The number of carboxylic acid groups (broad SMARTS) is 2. The van der Waals surface area contributed by atoms with Gasteiger partial charge in [0.15, 0.2) is 0 Å². The molecule has 41 heavy (non-hydrogen) atoms. The molecule has 1 unspecified atom stereocenters. The lowest BCUT2D eigenvalue weighted by atomic mass is 9.80. The predicted octanol–water partition coefficient (Wildman–Crippen LogP) is 5.22. The maximum absolute atomic E-state index is 10.8. The van der Waals surface area contributed by atoms with Gasteiger partial charge in [0.1, 0.15) is 0 Å². The Morgan fingerprint density at radius 3 is 2.15 bits per heavy atom. The summed E-state index contributed by atoms with van der Waals surface area (Å²) in [6.07, 6.45) is 10.1. The number of rotatable bonds is 5. The molecule has 2 aromatic heterocycles. The highest BCUT2D eigenvalue weighted by molar-refractivity contribution is 5.90. The maximum Gasteiger partial charge on any atom is 0.331 e. The third-order valence-electron chi connectivity index (χ3n) is 7.31. The van der Waals surface area contributed by atoms with Crippen LogP contribution in [0, 0.1) is 5.41 Å². The molecule has 212 valence electrons. The Labute approximate surface area is 244 Å². The van der Waals surface area contributed by atoms with Crippen LogP contribution < -0.4 is 9.80 Å². The fraction of sp³-hybridized carbons (Fsp3) is 0.226. The van der Waals surface area contributed by atoms with Gasteiger partial charge in [-0.15, -0.1) is 12.4 Å². The van der Waals surface area contributed by atoms with Crippen LogP contribution in [0.2, 0.25) is 0 Å². The van der Waals surface area contributed by atoms with Gasteiger partial charge in [-0.1, -0.05) is 36.4 Å². The lowest BCUT2D eigenvalue weighted by Gasteiger charge is -2.37. The second kappa shape index (κ2) is 12.7. The number of hydrogen-bond acceptors (Lipinski definition) is 6. The van der Waals surface area contributed by atoms with Crippen molar-refractivity contribution in [1.29, 1.82) is 0 Å². The minimum Gasteiger partial charge on any atom is -0.481 e. The highest BCUT2D eigenvalue weighted by atomic mass is 35.5. The zero-order valence-corrected chi connectivity index (χ0v) is 23.4. The van der Waals surface area contributed by atoms with E-state index in [0.29, 0.717) is 0 Å². The Bertz CT molecular complexity index is 1560. The van der Waals surface area contributed by atoms with Gasteiger partial charge in [0.25, 0.3) is 0 Å². The molecule has 0 radical (unpaired) electrons. The molecule has 0 spiro atoms. The van der Waals surface area contributed by atoms with Crippen LogP contribution in [0.1, 0.15) is 13.3 Å². The van der Waals surface area contributed by atoms with Crippen molar-refractivity contribution in [2.24, 2.45) is 5.41 Å². The Morgan fingerprint density at radius 2 is 1.51 bits per heavy atom. The standard InChI is InChI=1S/C22H21N5.C9H10O4.ClH/c1-2-4-20(5-3-1)27-22-16-21(7-6-18(22)17-24-27)26-14-12-25(13-15-26)19-8-10-23-11-9-19;1-9(8(12)13)4-2-3-6(5-9)7(10)11;/h1-11,16-17H,12-15H2;2-4H,5H2,1H3,(H,10,11)(H,12,13);1H. The molecule has 10 heteroatoms. The number of benzene rings is 2. The van der Waals surface area contributed by atoms with Crippen LogP contribution in [0.3, 0.4) is 0 Å². The van der Waals surface area contributed by atoms with E-state index in [2.05, 4.69) is 62.3 Å². The SMILES string of the molecule is CC1(C(=O)O)C=CC=C(C(=O)O)C1.Cl.c1ccc(-n2ncc3ccc(N4CCN(c5ccncc5)CC4)cc32)cc1. The van der Waals surface area contributed by atoms with E-state index in [1.54, 1.807) is 0 Å². The van der Waals surface area contributed by atoms with Gasteiger partial charge in [0, 0.05) is 60.9 Å². The quantitative estimate of drug-likeness (QED) is 0.334. The summed E-state index contributed by atoms with van der Waals surface area (Å²) < 4.78 is 2.02. The average Bonchev–Trinajstić information content (AvgIpc) is 3.42. The van der Waals surface area contributed by atoms with Crippen LogP contribution in [0.15, 0.2) is 103 Å². The number of aromatic nitrogens is 3. The topological polar surface area (TPSA) is 112 Å². The number of pyridine rings is 1. The van der Waals surface area contributed by atoms with Crippen LogP contribution in [0.5, 0.6) is 0 Å². The van der Waals surface area contributed by atoms with Crippen molar-refractivity contribution >= 4 is 46.6 Å². The molecule has 1 aliphatic carbocycles. The van der Waals surface area contributed by atoms with Gasteiger partial charge < -0.3 is 20.0 Å². The second-order valence-corrected chi connectivity index (χ2v) is 10.1. The van der Waals surface area contributed by atoms with Gasteiger partial charge in [-0.2, -0.15) is 5.10 Å². The maximum atomic E-state index is 10.8. The summed E-state index contributed by atoms with van der Waals surface area (Å²) in [5.41, 5.74) is 3.80. The molecule has 6 rings (SSSR count). The summed E-state index contributed by atoms with van der Waals surface area (Å²) in [6, 6.07) is 21.1. The number of nitrogens with zero attached hydrogens (tertiary/aromatic N) is 5. The van der Waals surface area contributed by atoms with Gasteiger partial charge in [0.05, 0.1) is 22.8 Å². The number of fused-ring (bicyclic) bond motifs is 1. The fourth-order valence-corrected chi connectivity index (χ4v) is 4.94. The molecule has 2 N–H and O–H groups in total. The summed E-state index contributed by atoms with van der Waals surface area (Å²) in [4.78, 5) is 30.3. The van der Waals surface area contributed by atoms with Gasteiger partial charge in [-0.05, 0) is 55.8 Å². The first-order valence-electron chi connectivity index (χ1n) is 13.1. The van der Waals surface area contributed by atoms with E-state index in [4.69, 9.17) is 10.2 Å². The van der Waals surface area contributed by atoms with E-state index in [1.807, 2.05) is 41.5 Å². The average molecular weight is 574 g/mol. The van der Waals surface area contributed by atoms with Crippen molar-refractivity contribution in [3.63, 3.8) is 0 Å². The fourth-order valence-electron chi connectivity index (χ4n) is 4.94. The summed E-state index contributed by atoms with van der Waals surface area (Å²) >= 11 is 0. The number of hydrogen-bond donors (Lipinski definition) is 2. The summed E-state index contributed by atoms with van der Waals surface area (Å²) in [7, 11) is 0. The van der Waals surface area contributed by atoms with Gasteiger partial charge in [0.2, 0.25) is 0 Å². The predicted molar refractivity (Wildman–Crippen MR) is 162 cm³/mol. The highest BCUT2D eigenvalue weighted by Crippen LogP contribution is 2.31. The van der Waals surface area contributed by atoms with E-state index in [-0.39, 0.29) is 24.4 Å². The molecule has 0 amide bonds. The first-order valence-corrected chi connectivity index (χ1v) is 13.1. The van der Waals surface area contributed by atoms with Gasteiger partial charge in [-0.3, -0.25) is 9.78 Å². The number of anilines is 2. The number of halogens is 1. The monoisotopic (exact) mass is 573 g/mol. The minimum absolute atomic E-state index is 0. The molecule has 2 aromatic carbocycles. The third kappa shape index (κ3) is 6.58. The number of carbonyl (C=O) groups is 2. The molecule has 1 atom stereocenters. The summed E-state index contributed by atoms with van der Waals surface area (Å²) in [6.45, 7) is 5.54. The van der Waals surface area contributed by atoms with E-state index >= 15 is 0 Å². The molecule has 4 aromatic rings. The van der Waals surface area contributed by atoms with Crippen LogP contribution in [-0.2, 0) is 9.59 Å². The Hall–Kier alpha value is -4.63. The van der Waals surface area contributed by atoms with Crippen molar-refractivity contribution in [1.82, 2.24) is 14.8 Å². The van der Waals surface area contributed by atoms with Gasteiger partial charge in [-0.25, -0.2) is 9.48 Å². The number of para-hydroxylation sites is 1. The Kier molecular flexibility index (Phi) is 9.09. The third-order valence-corrected chi connectivity index (χ3v) is 7.31. The lowest BCUT2D eigenvalue weighted by molar-refractivity contribution is -0.145. The minimum atomic E-state index is -1.08. The first-order chi connectivity index (χ1) is 19.3. The van der Waals surface area contributed by atoms with E-state index in [0.717, 1.165) is 42.8 Å². The Balaban J connectivity index is 0.000000236. The second-order valence-electron chi connectivity index (χ2n) is 10.1. The number of piperazine rings is 1. The van der Waals surface area contributed by atoms with E-state index in [1.165, 1.54) is 36.5 Å². The lowest BCUT2D eigenvalue weighted by Crippen LogP contribution is -2.46. The van der Waals surface area contributed by atoms with Crippen LogP contribution in [0.4, 0.5) is 11.4 Å². The molecule has 1 saturated heterocycles. The number of carboxylic acids is 2. The molecule has 0 saturated carbocycles. The highest BCUT2D eigenvalue weighted by Gasteiger charge is 2.34. The van der Waals surface area contributed by atoms with E-state index < -0.39 is 17.4 Å². The van der Waals surface area contributed by atoms with Crippen molar-refractivity contribution in [3.05, 3.63) is 103 Å². The van der Waals surface area contributed by atoms with Gasteiger partial charge >= 0.3 is 11.9 Å². The summed E-state index contributed by atoms with van der Waals surface area (Å²) in [5, 5.41) is 23.2. The van der Waals surface area contributed by atoms with Crippen LogP contribution in [0.25, 0.3) is 16.6 Å². The molecule has 9 nitrogen and oxygen atoms in total. The zero-order chi connectivity index (χ0) is 28.1. The van der Waals surface area contributed by atoms with Crippen molar-refractivity contribution in [2.45, 2.75) is 13.3 Å². The molecular formula is C31H32ClN5O4. The van der Waals surface area contributed by atoms with Crippen molar-refractivity contribution in [2.75, 3.05) is 36.0 Å². The molecule has 1 aliphatic heterocycles. The molecule has 3 heterocycles. The molecule has 1 fully saturated rings. The van der Waals surface area contributed by atoms with Crippen LogP contribution >= 0.6 is 12.4 Å². The van der Waals surface area contributed by atoms with E-state index in [9.17, 15) is 9.59 Å². The normalized spacial score (nSPS) is 18.1. The molecular weight excluding hydrogens is 542 g/mol. The smallest absolute Gasteiger partial charge is 0.331 e. The Morgan fingerprint density at radius 1 is 0.854 bits per heavy atom. The first kappa shape index (κ1) is 29.4. The molecule has 2 aliphatic rings. The van der Waals surface area contributed by atoms with Crippen molar-refractivity contribution in [3.8, 4) is 5.69 Å². The van der Waals surface area contributed by atoms with Crippen molar-refractivity contribution < 1.29 is 19.8 Å². The number of aliphatic carboxylic acids is 2. The summed E-state index contributed by atoms with van der Waals surface area (Å²) in [5.74, 6) is -2.06. The largest absolute Gasteiger partial charge is 0.481 e. The zero-order valence-electron chi connectivity index (χ0n) is 22.6. The number of allylic oxidation sites excluding steroid dienone is 2. The van der Waals surface area contributed by atoms with Crippen LogP contribution in [-0.4, -0.2) is 63.1 Å². The molecule has 0 bridgehead atoms.